The molecule has 2 saturated heterocycles. The number of amides is 1. The fourth-order valence-corrected chi connectivity index (χ4v) is 2.92. The van der Waals surface area contributed by atoms with Gasteiger partial charge in [-0.25, -0.2) is 0 Å². The first-order valence-electron chi connectivity index (χ1n) is 7.03. The number of rotatable bonds is 4. The second kappa shape index (κ2) is 5.81. The van der Waals surface area contributed by atoms with Gasteiger partial charge in [0.15, 0.2) is 0 Å². The summed E-state index contributed by atoms with van der Waals surface area (Å²) in [7, 11) is 1.66. The highest BCUT2D eigenvalue weighted by Crippen LogP contribution is 2.31. The van der Waals surface area contributed by atoms with Crippen LogP contribution in [0.3, 0.4) is 0 Å². The highest BCUT2D eigenvalue weighted by molar-refractivity contribution is 5.81. The standard InChI is InChI=1S/C15H20N2O3/c1-19-13-5-3-2-4-12(13)15-16-8-14(18)17(15)9-11-6-7-20-10-11/h2-5,11,15-16H,6-10H2,1H3. The molecule has 108 valence electrons. The van der Waals surface area contributed by atoms with Crippen LogP contribution in [0.4, 0.5) is 0 Å². The molecule has 2 atom stereocenters. The summed E-state index contributed by atoms with van der Waals surface area (Å²) in [5.74, 6) is 1.40. The Labute approximate surface area is 118 Å². The predicted octanol–water partition coefficient (Wildman–Crippen LogP) is 1.16. The lowest BCUT2D eigenvalue weighted by Gasteiger charge is -2.27. The molecule has 0 saturated carbocycles. The molecule has 2 fully saturated rings. The summed E-state index contributed by atoms with van der Waals surface area (Å²) in [4.78, 5) is 14.0. The highest BCUT2D eigenvalue weighted by atomic mass is 16.5. The number of benzene rings is 1. The zero-order valence-electron chi connectivity index (χ0n) is 11.7. The molecule has 2 unspecified atom stereocenters. The van der Waals surface area contributed by atoms with E-state index in [0.717, 1.165) is 37.5 Å². The Morgan fingerprint density at radius 1 is 1.45 bits per heavy atom. The number of hydrogen-bond donors (Lipinski definition) is 1. The first kappa shape index (κ1) is 13.4. The third-order valence-corrected chi connectivity index (χ3v) is 3.99. The average molecular weight is 276 g/mol. The van der Waals surface area contributed by atoms with Gasteiger partial charge in [-0.1, -0.05) is 18.2 Å². The molecule has 2 aliphatic rings. The number of carbonyl (C=O) groups is 1. The van der Waals surface area contributed by atoms with Gasteiger partial charge in [-0.05, 0) is 12.5 Å². The Balaban J connectivity index is 1.81. The van der Waals surface area contributed by atoms with Gasteiger partial charge in [0.05, 0.1) is 20.3 Å². The van der Waals surface area contributed by atoms with Crippen molar-refractivity contribution in [1.29, 1.82) is 0 Å². The molecule has 1 N–H and O–H groups in total. The molecular weight excluding hydrogens is 256 g/mol. The summed E-state index contributed by atoms with van der Waals surface area (Å²) in [6.45, 7) is 2.69. The lowest BCUT2D eigenvalue weighted by atomic mass is 10.1. The minimum Gasteiger partial charge on any atom is -0.496 e. The zero-order chi connectivity index (χ0) is 13.9. The van der Waals surface area contributed by atoms with Gasteiger partial charge < -0.3 is 14.4 Å². The monoisotopic (exact) mass is 276 g/mol. The lowest BCUT2D eigenvalue weighted by Crippen LogP contribution is -2.35. The van der Waals surface area contributed by atoms with E-state index in [1.54, 1.807) is 7.11 Å². The Kier molecular flexibility index (Phi) is 3.89. The number of hydrogen-bond acceptors (Lipinski definition) is 4. The van der Waals surface area contributed by atoms with Crippen LogP contribution in [-0.4, -0.2) is 44.2 Å². The minimum atomic E-state index is -0.0979. The van der Waals surface area contributed by atoms with Crippen molar-refractivity contribution in [2.75, 3.05) is 33.4 Å². The molecular formula is C15H20N2O3. The zero-order valence-corrected chi connectivity index (χ0v) is 11.7. The molecule has 1 amide bonds. The number of methoxy groups -OCH3 is 1. The van der Waals surface area contributed by atoms with Crippen molar-refractivity contribution in [1.82, 2.24) is 10.2 Å². The van der Waals surface area contributed by atoms with Crippen molar-refractivity contribution in [3.8, 4) is 5.75 Å². The number of para-hydroxylation sites is 1. The fourth-order valence-electron chi connectivity index (χ4n) is 2.92. The van der Waals surface area contributed by atoms with Crippen LogP contribution in [0.1, 0.15) is 18.2 Å². The van der Waals surface area contributed by atoms with Crippen LogP contribution in [-0.2, 0) is 9.53 Å². The van der Waals surface area contributed by atoms with Crippen LogP contribution in [0.5, 0.6) is 5.75 Å². The summed E-state index contributed by atoms with van der Waals surface area (Å²) in [5.41, 5.74) is 1.01. The smallest absolute Gasteiger partial charge is 0.238 e. The summed E-state index contributed by atoms with van der Waals surface area (Å²) < 4.78 is 10.8. The second-order valence-electron chi connectivity index (χ2n) is 5.30. The number of carbonyl (C=O) groups excluding carboxylic acids is 1. The van der Waals surface area contributed by atoms with E-state index in [0.29, 0.717) is 12.5 Å². The molecule has 2 heterocycles. The van der Waals surface area contributed by atoms with Gasteiger partial charge in [0.2, 0.25) is 5.91 Å². The molecule has 2 aliphatic heterocycles. The maximum Gasteiger partial charge on any atom is 0.238 e. The normalized spacial score (nSPS) is 26.2. The van der Waals surface area contributed by atoms with Crippen LogP contribution < -0.4 is 10.1 Å². The lowest BCUT2D eigenvalue weighted by molar-refractivity contribution is -0.128. The SMILES string of the molecule is COc1ccccc1C1NCC(=O)N1CC1CCOC1. The van der Waals surface area contributed by atoms with Gasteiger partial charge in [0.1, 0.15) is 11.9 Å². The van der Waals surface area contributed by atoms with Crippen molar-refractivity contribution >= 4 is 5.91 Å². The molecule has 0 bridgehead atoms. The van der Waals surface area contributed by atoms with Gasteiger partial charge in [-0.15, -0.1) is 0 Å². The first-order valence-corrected chi connectivity index (χ1v) is 7.03. The molecule has 1 aromatic carbocycles. The summed E-state index contributed by atoms with van der Waals surface area (Å²) in [5, 5.41) is 3.28. The van der Waals surface area contributed by atoms with Gasteiger partial charge in [0, 0.05) is 24.6 Å². The van der Waals surface area contributed by atoms with E-state index in [-0.39, 0.29) is 12.1 Å². The average Bonchev–Trinajstić information content (AvgIpc) is 3.11. The van der Waals surface area contributed by atoms with E-state index in [9.17, 15) is 4.79 Å². The molecule has 3 rings (SSSR count). The summed E-state index contributed by atoms with van der Waals surface area (Å²) in [6.07, 6.45) is 0.932. The maximum absolute atomic E-state index is 12.1. The van der Waals surface area contributed by atoms with E-state index in [1.165, 1.54) is 0 Å². The Morgan fingerprint density at radius 3 is 3.05 bits per heavy atom. The van der Waals surface area contributed by atoms with E-state index in [1.807, 2.05) is 29.2 Å². The third-order valence-electron chi connectivity index (χ3n) is 3.99. The maximum atomic E-state index is 12.1. The Hall–Kier alpha value is -1.59. The van der Waals surface area contributed by atoms with Crippen molar-refractivity contribution in [2.45, 2.75) is 12.6 Å². The van der Waals surface area contributed by atoms with E-state index in [2.05, 4.69) is 5.32 Å². The fraction of sp³-hybridized carbons (Fsp3) is 0.533. The summed E-state index contributed by atoms with van der Waals surface area (Å²) in [6, 6.07) is 7.84. The summed E-state index contributed by atoms with van der Waals surface area (Å²) >= 11 is 0. The van der Waals surface area contributed by atoms with Crippen molar-refractivity contribution in [3.05, 3.63) is 29.8 Å². The topological polar surface area (TPSA) is 50.8 Å². The van der Waals surface area contributed by atoms with Crippen molar-refractivity contribution in [2.24, 2.45) is 5.92 Å². The second-order valence-corrected chi connectivity index (χ2v) is 5.30. The van der Waals surface area contributed by atoms with Crippen LogP contribution in [0.2, 0.25) is 0 Å². The number of nitrogens with one attached hydrogen (secondary N) is 1. The van der Waals surface area contributed by atoms with Crippen molar-refractivity contribution < 1.29 is 14.3 Å². The molecule has 20 heavy (non-hydrogen) atoms. The largest absolute Gasteiger partial charge is 0.496 e. The molecule has 5 heteroatoms. The molecule has 0 spiro atoms. The number of nitrogens with zero attached hydrogens (tertiary/aromatic N) is 1. The third kappa shape index (κ3) is 2.51. The van der Waals surface area contributed by atoms with Gasteiger partial charge in [-0.2, -0.15) is 0 Å². The van der Waals surface area contributed by atoms with E-state index >= 15 is 0 Å². The molecule has 0 aromatic heterocycles. The Morgan fingerprint density at radius 2 is 2.30 bits per heavy atom. The minimum absolute atomic E-state index is 0.0979. The Bertz CT molecular complexity index is 486. The molecule has 1 aromatic rings. The molecule has 0 radical (unpaired) electrons. The van der Waals surface area contributed by atoms with Gasteiger partial charge >= 0.3 is 0 Å². The van der Waals surface area contributed by atoms with Gasteiger partial charge in [-0.3, -0.25) is 10.1 Å². The molecule has 0 aliphatic carbocycles. The van der Waals surface area contributed by atoms with Crippen LogP contribution in [0, 0.1) is 5.92 Å². The predicted molar refractivity (Wildman–Crippen MR) is 74.4 cm³/mol. The number of ether oxygens (including phenoxy) is 2. The van der Waals surface area contributed by atoms with Crippen molar-refractivity contribution in [3.63, 3.8) is 0 Å². The quantitative estimate of drug-likeness (QED) is 0.896. The van der Waals surface area contributed by atoms with Crippen LogP contribution in [0.15, 0.2) is 24.3 Å². The van der Waals surface area contributed by atoms with Crippen LogP contribution in [0.25, 0.3) is 0 Å². The van der Waals surface area contributed by atoms with Gasteiger partial charge in [0.25, 0.3) is 0 Å². The van der Waals surface area contributed by atoms with E-state index < -0.39 is 0 Å². The van der Waals surface area contributed by atoms with Crippen LogP contribution >= 0.6 is 0 Å². The molecule has 5 nitrogen and oxygen atoms in total. The highest BCUT2D eigenvalue weighted by Gasteiger charge is 2.35. The van der Waals surface area contributed by atoms with E-state index in [4.69, 9.17) is 9.47 Å². The first-order chi connectivity index (χ1) is 9.79.